The fourth-order valence-electron chi connectivity index (χ4n) is 3.45. The van der Waals surface area contributed by atoms with Crippen molar-refractivity contribution in [2.24, 2.45) is 0 Å². The molecule has 8 heteroatoms. The van der Waals surface area contributed by atoms with Gasteiger partial charge in [-0.25, -0.2) is 0 Å². The second kappa shape index (κ2) is 7.56. The summed E-state index contributed by atoms with van der Waals surface area (Å²) in [5.41, 5.74) is 2.78. The van der Waals surface area contributed by atoms with Gasteiger partial charge in [-0.3, -0.25) is 4.79 Å². The first-order valence-electron chi connectivity index (χ1n) is 9.79. The van der Waals surface area contributed by atoms with Crippen LogP contribution in [0.2, 0.25) is 0 Å². The van der Waals surface area contributed by atoms with Gasteiger partial charge < -0.3 is 14.5 Å². The number of anilines is 1. The first kappa shape index (κ1) is 18.8. The molecule has 0 saturated carbocycles. The zero-order valence-corrected chi connectivity index (χ0v) is 16.9. The maximum absolute atomic E-state index is 12.9. The molecule has 0 unspecified atom stereocenters. The maximum atomic E-state index is 12.9. The van der Waals surface area contributed by atoms with Crippen molar-refractivity contribution in [2.45, 2.75) is 13.0 Å². The van der Waals surface area contributed by atoms with E-state index < -0.39 is 6.04 Å². The molecule has 1 amide bonds. The van der Waals surface area contributed by atoms with Gasteiger partial charge >= 0.3 is 0 Å². The molecule has 0 saturated heterocycles. The van der Waals surface area contributed by atoms with Crippen molar-refractivity contribution in [1.29, 1.82) is 0 Å². The lowest BCUT2D eigenvalue weighted by molar-refractivity contribution is -0.119. The van der Waals surface area contributed by atoms with Gasteiger partial charge in [0.1, 0.15) is 23.0 Å². The highest BCUT2D eigenvalue weighted by molar-refractivity contribution is 6.08. The Kier molecular flexibility index (Phi) is 4.59. The molecule has 154 valence electrons. The van der Waals surface area contributed by atoms with Crippen molar-refractivity contribution >= 4 is 33.5 Å². The van der Waals surface area contributed by atoms with E-state index in [4.69, 9.17) is 9.15 Å². The number of carbonyl (C=O) groups is 1. The molecule has 0 radical (unpaired) electrons. The van der Waals surface area contributed by atoms with E-state index in [0.717, 1.165) is 21.9 Å². The Morgan fingerprint density at radius 2 is 1.81 bits per heavy atom. The van der Waals surface area contributed by atoms with Crippen LogP contribution >= 0.6 is 0 Å². The van der Waals surface area contributed by atoms with E-state index in [0.29, 0.717) is 22.8 Å². The number of para-hydroxylation sites is 1. The normalized spacial score (nSPS) is 12.2. The van der Waals surface area contributed by atoms with Gasteiger partial charge in [0.2, 0.25) is 5.82 Å². The van der Waals surface area contributed by atoms with Crippen molar-refractivity contribution in [3.63, 3.8) is 0 Å². The minimum Gasteiger partial charge on any atom is -0.495 e. The summed E-state index contributed by atoms with van der Waals surface area (Å²) in [5, 5.41) is 17.2. The molecule has 0 aliphatic heterocycles. The summed E-state index contributed by atoms with van der Waals surface area (Å²) in [5.74, 6) is 0.698. The van der Waals surface area contributed by atoms with E-state index in [1.165, 1.54) is 4.80 Å². The Bertz CT molecular complexity index is 1390. The molecule has 31 heavy (non-hydrogen) atoms. The van der Waals surface area contributed by atoms with Crippen LogP contribution in [0.3, 0.4) is 0 Å². The number of fused-ring (bicyclic) bond motifs is 3. The van der Waals surface area contributed by atoms with Gasteiger partial charge in [0, 0.05) is 22.4 Å². The molecule has 0 fully saturated rings. The van der Waals surface area contributed by atoms with E-state index in [-0.39, 0.29) is 5.91 Å². The lowest BCUT2D eigenvalue weighted by Crippen LogP contribution is -2.25. The SMILES string of the molecule is COc1cc2c(cc1NC(=O)[C@H](C)n1nnc(-c3ccccc3)n1)oc1ccccc12. The number of hydrogen-bond acceptors (Lipinski definition) is 6. The van der Waals surface area contributed by atoms with E-state index in [9.17, 15) is 4.79 Å². The molecule has 5 rings (SSSR count). The second-order valence-electron chi connectivity index (χ2n) is 7.11. The van der Waals surface area contributed by atoms with Crippen LogP contribution in [0, 0.1) is 0 Å². The Balaban J connectivity index is 1.43. The molecule has 2 heterocycles. The van der Waals surface area contributed by atoms with Crippen molar-refractivity contribution in [1.82, 2.24) is 20.2 Å². The maximum Gasteiger partial charge on any atom is 0.250 e. The summed E-state index contributed by atoms with van der Waals surface area (Å²) in [6.07, 6.45) is 0. The number of tetrazole rings is 1. The largest absolute Gasteiger partial charge is 0.495 e. The number of aromatic nitrogens is 4. The molecular weight excluding hydrogens is 394 g/mol. The van der Waals surface area contributed by atoms with Gasteiger partial charge in [-0.15, -0.1) is 10.2 Å². The van der Waals surface area contributed by atoms with Crippen LogP contribution in [0.15, 0.2) is 71.1 Å². The highest BCUT2D eigenvalue weighted by Gasteiger charge is 2.21. The lowest BCUT2D eigenvalue weighted by atomic mass is 10.1. The van der Waals surface area contributed by atoms with Crippen molar-refractivity contribution < 1.29 is 13.9 Å². The fourth-order valence-corrected chi connectivity index (χ4v) is 3.45. The Hall–Kier alpha value is -4.20. The Labute approximate surface area is 177 Å². The zero-order valence-electron chi connectivity index (χ0n) is 16.9. The van der Waals surface area contributed by atoms with Gasteiger partial charge in [0.05, 0.1) is 12.8 Å². The van der Waals surface area contributed by atoms with Crippen molar-refractivity contribution in [3.8, 4) is 17.1 Å². The summed E-state index contributed by atoms with van der Waals surface area (Å²) in [4.78, 5) is 14.2. The predicted molar refractivity (Wildman–Crippen MR) is 117 cm³/mol. The number of nitrogens with one attached hydrogen (secondary N) is 1. The fraction of sp³-hybridized carbons (Fsp3) is 0.130. The zero-order chi connectivity index (χ0) is 21.4. The third kappa shape index (κ3) is 3.38. The predicted octanol–water partition coefficient (Wildman–Crippen LogP) is 4.45. The van der Waals surface area contributed by atoms with Gasteiger partial charge in [-0.1, -0.05) is 48.5 Å². The number of nitrogens with zero attached hydrogens (tertiary/aromatic N) is 4. The van der Waals surface area contributed by atoms with Gasteiger partial charge in [-0.05, 0) is 24.3 Å². The average molecular weight is 413 g/mol. The summed E-state index contributed by atoms with van der Waals surface area (Å²) in [6.45, 7) is 1.71. The third-order valence-corrected chi connectivity index (χ3v) is 5.14. The lowest BCUT2D eigenvalue weighted by Gasteiger charge is -2.13. The quantitative estimate of drug-likeness (QED) is 0.457. The van der Waals surface area contributed by atoms with E-state index >= 15 is 0 Å². The van der Waals surface area contributed by atoms with Gasteiger partial charge in [-0.2, -0.15) is 4.80 Å². The minimum absolute atomic E-state index is 0.300. The third-order valence-electron chi connectivity index (χ3n) is 5.14. The van der Waals surface area contributed by atoms with Gasteiger partial charge in [0.15, 0.2) is 0 Å². The van der Waals surface area contributed by atoms with Crippen LogP contribution in [0.25, 0.3) is 33.3 Å². The molecule has 8 nitrogen and oxygen atoms in total. The topological polar surface area (TPSA) is 95.1 Å². The number of methoxy groups -OCH3 is 1. The molecule has 0 bridgehead atoms. The van der Waals surface area contributed by atoms with Crippen LogP contribution in [0.4, 0.5) is 5.69 Å². The molecule has 1 N–H and O–H groups in total. The summed E-state index contributed by atoms with van der Waals surface area (Å²) in [6, 6.07) is 20.2. The first-order valence-corrected chi connectivity index (χ1v) is 9.79. The van der Waals surface area contributed by atoms with E-state index in [2.05, 4.69) is 20.7 Å². The van der Waals surface area contributed by atoms with Gasteiger partial charge in [0.25, 0.3) is 5.91 Å². The highest BCUT2D eigenvalue weighted by atomic mass is 16.5. The second-order valence-corrected chi connectivity index (χ2v) is 7.11. The number of hydrogen-bond donors (Lipinski definition) is 1. The highest BCUT2D eigenvalue weighted by Crippen LogP contribution is 2.36. The Morgan fingerprint density at radius 1 is 1.03 bits per heavy atom. The van der Waals surface area contributed by atoms with Crippen LogP contribution in [0.5, 0.6) is 5.75 Å². The minimum atomic E-state index is -0.680. The van der Waals surface area contributed by atoms with Crippen LogP contribution < -0.4 is 10.1 Å². The number of amides is 1. The Morgan fingerprint density at radius 3 is 2.61 bits per heavy atom. The monoisotopic (exact) mass is 413 g/mol. The molecule has 1 atom stereocenters. The molecule has 3 aromatic carbocycles. The standard InChI is InChI=1S/C23H19N5O3/c1-14(28-26-22(25-27-28)15-8-4-3-5-9-15)23(29)24-18-13-20-17(12-21(18)30-2)16-10-6-7-11-19(16)31-20/h3-14H,1-2H3,(H,24,29)/t14-/m0/s1. The number of furan rings is 1. The molecule has 5 aromatic rings. The van der Waals surface area contributed by atoms with E-state index in [1.54, 1.807) is 20.1 Å². The summed E-state index contributed by atoms with van der Waals surface area (Å²) >= 11 is 0. The number of rotatable bonds is 5. The molecule has 0 aliphatic rings. The van der Waals surface area contributed by atoms with Crippen molar-refractivity contribution in [3.05, 3.63) is 66.7 Å². The summed E-state index contributed by atoms with van der Waals surface area (Å²) < 4.78 is 11.4. The van der Waals surface area contributed by atoms with Crippen molar-refractivity contribution in [2.75, 3.05) is 12.4 Å². The molecular formula is C23H19N5O3. The number of benzene rings is 3. The number of carbonyl (C=O) groups excluding carboxylic acids is 1. The smallest absolute Gasteiger partial charge is 0.250 e. The molecule has 0 aliphatic carbocycles. The van der Waals surface area contributed by atoms with Crippen LogP contribution in [-0.2, 0) is 4.79 Å². The average Bonchev–Trinajstić information content (AvgIpc) is 3.43. The summed E-state index contributed by atoms with van der Waals surface area (Å²) in [7, 11) is 1.56. The molecule has 0 spiro atoms. The first-order chi connectivity index (χ1) is 15.1. The van der Waals surface area contributed by atoms with Crippen LogP contribution in [0.1, 0.15) is 13.0 Å². The van der Waals surface area contributed by atoms with E-state index in [1.807, 2.05) is 60.7 Å². The van der Waals surface area contributed by atoms with Crippen LogP contribution in [-0.4, -0.2) is 33.2 Å². The molecule has 2 aromatic heterocycles. The number of ether oxygens (including phenoxy) is 1.